The Morgan fingerprint density at radius 3 is 2.35 bits per heavy atom. The molecule has 1 amide bonds. The van der Waals surface area contributed by atoms with Gasteiger partial charge in [0.15, 0.2) is 17.6 Å². The number of methoxy groups -OCH3 is 3. The van der Waals surface area contributed by atoms with Gasteiger partial charge in [-0.3, -0.25) is 4.79 Å². The number of hydrogen-bond donors (Lipinski definition) is 2. The van der Waals surface area contributed by atoms with E-state index in [9.17, 15) is 9.59 Å². The lowest BCUT2D eigenvalue weighted by Gasteiger charge is -2.16. The van der Waals surface area contributed by atoms with E-state index in [-0.39, 0.29) is 18.4 Å². The van der Waals surface area contributed by atoms with Gasteiger partial charge in [-0.2, -0.15) is 0 Å². The highest BCUT2D eigenvalue weighted by Gasteiger charge is 2.20. The van der Waals surface area contributed by atoms with Gasteiger partial charge in [-0.15, -0.1) is 0 Å². The van der Waals surface area contributed by atoms with E-state index in [1.165, 1.54) is 7.11 Å². The SMILES string of the molecule is COc1ccc(CC(C)C(=O)NCC(OC)C(=O)O)cc1OC. The number of ether oxygens (including phenoxy) is 3. The van der Waals surface area contributed by atoms with Gasteiger partial charge in [0.05, 0.1) is 20.8 Å². The van der Waals surface area contributed by atoms with E-state index in [0.717, 1.165) is 5.56 Å². The molecule has 0 saturated carbocycles. The molecule has 0 aliphatic heterocycles. The molecule has 0 heterocycles. The molecular formula is C16H23NO6. The maximum Gasteiger partial charge on any atom is 0.334 e. The Morgan fingerprint density at radius 1 is 1.17 bits per heavy atom. The topological polar surface area (TPSA) is 94.1 Å². The summed E-state index contributed by atoms with van der Waals surface area (Å²) in [4.78, 5) is 22.9. The molecular weight excluding hydrogens is 302 g/mol. The van der Waals surface area contributed by atoms with Crippen LogP contribution >= 0.6 is 0 Å². The fourth-order valence-electron chi connectivity index (χ4n) is 2.09. The third-order valence-electron chi connectivity index (χ3n) is 3.46. The maximum atomic E-state index is 12.1. The summed E-state index contributed by atoms with van der Waals surface area (Å²) in [6, 6.07) is 5.46. The lowest BCUT2D eigenvalue weighted by molar-refractivity contribution is -0.148. The Hall–Kier alpha value is -2.28. The highest BCUT2D eigenvalue weighted by atomic mass is 16.5. The number of carboxylic acid groups (broad SMARTS) is 1. The first kappa shape index (κ1) is 18.8. The van der Waals surface area contributed by atoms with Crippen molar-refractivity contribution in [3.05, 3.63) is 23.8 Å². The molecule has 23 heavy (non-hydrogen) atoms. The molecule has 0 aliphatic rings. The lowest BCUT2D eigenvalue weighted by Crippen LogP contribution is -2.40. The minimum Gasteiger partial charge on any atom is -0.493 e. The van der Waals surface area contributed by atoms with Crippen LogP contribution in [-0.4, -0.2) is 51.0 Å². The number of hydrogen-bond acceptors (Lipinski definition) is 5. The van der Waals surface area contributed by atoms with Crippen LogP contribution in [0.2, 0.25) is 0 Å². The largest absolute Gasteiger partial charge is 0.493 e. The van der Waals surface area contributed by atoms with Crippen LogP contribution in [0.4, 0.5) is 0 Å². The number of carboxylic acids is 1. The standard InChI is InChI=1S/C16H23NO6/c1-10(15(18)17-9-14(23-4)16(19)20)7-11-5-6-12(21-2)13(8-11)22-3/h5-6,8,10,14H,7,9H2,1-4H3,(H,17,18)(H,19,20). The Kier molecular flexibility index (Phi) is 7.34. The second kappa shape index (κ2) is 8.99. The number of aliphatic carboxylic acids is 1. The van der Waals surface area contributed by atoms with Crippen molar-refractivity contribution >= 4 is 11.9 Å². The molecule has 0 spiro atoms. The van der Waals surface area contributed by atoms with Gasteiger partial charge in [0, 0.05) is 13.0 Å². The quantitative estimate of drug-likeness (QED) is 0.706. The van der Waals surface area contributed by atoms with Crippen LogP contribution in [0.15, 0.2) is 18.2 Å². The zero-order valence-electron chi connectivity index (χ0n) is 13.8. The summed E-state index contributed by atoms with van der Waals surface area (Å²) < 4.78 is 15.2. The molecule has 2 atom stereocenters. The molecule has 7 heteroatoms. The van der Waals surface area contributed by atoms with Crippen LogP contribution in [0, 0.1) is 5.92 Å². The van der Waals surface area contributed by atoms with Gasteiger partial charge in [-0.1, -0.05) is 13.0 Å². The maximum absolute atomic E-state index is 12.1. The first-order valence-corrected chi connectivity index (χ1v) is 7.17. The minimum absolute atomic E-state index is 0.0685. The first-order chi connectivity index (χ1) is 10.9. The molecule has 1 aromatic rings. The number of carbonyl (C=O) groups excluding carboxylic acids is 1. The lowest BCUT2D eigenvalue weighted by atomic mass is 10.00. The van der Waals surface area contributed by atoms with E-state index in [1.54, 1.807) is 27.2 Å². The van der Waals surface area contributed by atoms with Crippen molar-refractivity contribution in [3.63, 3.8) is 0 Å². The molecule has 2 unspecified atom stereocenters. The first-order valence-electron chi connectivity index (χ1n) is 7.17. The molecule has 2 N–H and O–H groups in total. The van der Waals surface area contributed by atoms with Crippen LogP contribution in [0.3, 0.4) is 0 Å². The Bertz CT molecular complexity index is 545. The van der Waals surface area contributed by atoms with E-state index >= 15 is 0 Å². The number of rotatable bonds is 9. The number of carbonyl (C=O) groups is 2. The van der Waals surface area contributed by atoms with Gasteiger partial charge in [-0.05, 0) is 24.1 Å². The molecule has 0 radical (unpaired) electrons. The van der Waals surface area contributed by atoms with Crippen molar-refractivity contribution in [2.24, 2.45) is 5.92 Å². The zero-order valence-corrected chi connectivity index (χ0v) is 13.8. The van der Waals surface area contributed by atoms with E-state index in [1.807, 2.05) is 12.1 Å². The van der Waals surface area contributed by atoms with E-state index < -0.39 is 12.1 Å². The van der Waals surface area contributed by atoms with E-state index in [2.05, 4.69) is 5.32 Å². The highest BCUT2D eigenvalue weighted by molar-refractivity contribution is 5.80. The average molecular weight is 325 g/mol. The fourth-order valence-corrected chi connectivity index (χ4v) is 2.09. The van der Waals surface area contributed by atoms with E-state index in [4.69, 9.17) is 19.3 Å². The average Bonchev–Trinajstić information content (AvgIpc) is 2.54. The van der Waals surface area contributed by atoms with Crippen LogP contribution in [0.5, 0.6) is 11.5 Å². The van der Waals surface area contributed by atoms with Crippen molar-refractivity contribution in [1.29, 1.82) is 0 Å². The summed E-state index contributed by atoms with van der Waals surface area (Å²) in [6.07, 6.45) is -0.552. The molecule has 0 aliphatic carbocycles. The summed E-state index contributed by atoms with van der Waals surface area (Å²) in [6.45, 7) is 1.70. The monoisotopic (exact) mass is 325 g/mol. The van der Waals surface area contributed by atoms with Crippen molar-refractivity contribution in [2.45, 2.75) is 19.4 Å². The third-order valence-corrected chi connectivity index (χ3v) is 3.46. The predicted octanol–water partition coefficient (Wildman–Crippen LogP) is 1.10. The summed E-state index contributed by atoms with van der Waals surface area (Å²) in [5, 5.41) is 11.5. The summed E-state index contributed by atoms with van der Waals surface area (Å²) >= 11 is 0. The molecule has 0 bridgehead atoms. The van der Waals surface area contributed by atoms with Gasteiger partial charge in [0.25, 0.3) is 0 Å². The number of nitrogens with one attached hydrogen (secondary N) is 1. The zero-order chi connectivity index (χ0) is 17.4. The Balaban J connectivity index is 2.63. The second-order valence-electron chi connectivity index (χ2n) is 5.10. The fraction of sp³-hybridized carbons (Fsp3) is 0.500. The highest BCUT2D eigenvalue weighted by Crippen LogP contribution is 2.28. The Labute approximate surface area is 135 Å². The van der Waals surface area contributed by atoms with Crippen LogP contribution in [0.1, 0.15) is 12.5 Å². The molecule has 0 saturated heterocycles. The molecule has 7 nitrogen and oxygen atoms in total. The number of benzene rings is 1. The summed E-state index contributed by atoms with van der Waals surface area (Å²) in [5.41, 5.74) is 0.923. The van der Waals surface area contributed by atoms with Crippen molar-refractivity contribution < 1.29 is 28.9 Å². The normalized spacial score (nSPS) is 13.0. The van der Waals surface area contributed by atoms with Gasteiger partial charge < -0.3 is 24.6 Å². The molecule has 1 rings (SSSR count). The van der Waals surface area contributed by atoms with Gasteiger partial charge in [0.1, 0.15) is 0 Å². The van der Waals surface area contributed by atoms with Crippen LogP contribution < -0.4 is 14.8 Å². The van der Waals surface area contributed by atoms with Gasteiger partial charge >= 0.3 is 5.97 Å². The van der Waals surface area contributed by atoms with Crippen molar-refractivity contribution in [2.75, 3.05) is 27.9 Å². The Morgan fingerprint density at radius 2 is 1.83 bits per heavy atom. The summed E-state index contributed by atoms with van der Waals surface area (Å²) in [5.74, 6) is -0.441. The molecule has 1 aromatic carbocycles. The van der Waals surface area contributed by atoms with Crippen molar-refractivity contribution in [3.8, 4) is 11.5 Å². The van der Waals surface area contributed by atoms with Crippen molar-refractivity contribution in [1.82, 2.24) is 5.32 Å². The predicted molar refractivity (Wildman–Crippen MR) is 83.9 cm³/mol. The van der Waals surface area contributed by atoms with Gasteiger partial charge in [0.2, 0.25) is 5.91 Å². The minimum atomic E-state index is -1.11. The van der Waals surface area contributed by atoms with Crippen LogP contribution in [0.25, 0.3) is 0 Å². The van der Waals surface area contributed by atoms with E-state index in [0.29, 0.717) is 17.9 Å². The third kappa shape index (κ3) is 5.45. The van der Waals surface area contributed by atoms with Crippen LogP contribution in [-0.2, 0) is 20.7 Å². The molecule has 0 fully saturated rings. The molecule has 0 aromatic heterocycles. The second-order valence-corrected chi connectivity index (χ2v) is 5.10. The van der Waals surface area contributed by atoms with Gasteiger partial charge in [-0.25, -0.2) is 4.79 Å². The summed E-state index contributed by atoms with van der Waals surface area (Å²) in [7, 11) is 4.40. The smallest absolute Gasteiger partial charge is 0.334 e. The number of amides is 1. The molecule has 128 valence electrons.